The molecule has 1 aliphatic heterocycles. The third-order valence-corrected chi connectivity index (χ3v) is 7.88. The van der Waals surface area contributed by atoms with Crippen molar-refractivity contribution in [2.24, 2.45) is 0 Å². The van der Waals surface area contributed by atoms with Crippen molar-refractivity contribution in [2.75, 3.05) is 57.5 Å². The maximum Gasteiger partial charge on any atom is 0.279 e. The highest BCUT2D eigenvalue weighted by molar-refractivity contribution is 5.90. The minimum absolute atomic E-state index is 0.00609. The zero-order valence-electron chi connectivity index (χ0n) is 25.9. The lowest BCUT2D eigenvalue weighted by atomic mass is 9.89. The molecular weight excluding hydrogens is 549 g/mol. The monoisotopic (exact) mass is 591 g/mol. The van der Waals surface area contributed by atoms with Gasteiger partial charge in [0.25, 0.3) is 5.91 Å². The summed E-state index contributed by atoms with van der Waals surface area (Å²) in [6.45, 7) is 11.4. The van der Waals surface area contributed by atoms with Gasteiger partial charge in [0.15, 0.2) is 5.83 Å². The van der Waals surface area contributed by atoms with Gasteiger partial charge >= 0.3 is 0 Å². The normalized spacial score (nSPS) is 15.2. The second kappa shape index (κ2) is 13.8. The Kier molecular flexibility index (Phi) is 10.1. The number of amides is 2. The third-order valence-electron chi connectivity index (χ3n) is 7.88. The van der Waals surface area contributed by atoms with Gasteiger partial charge in [0, 0.05) is 76.7 Å². The topological polar surface area (TPSA) is 122 Å². The number of nitrogens with one attached hydrogen (secondary N) is 3. The summed E-state index contributed by atoms with van der Waals surface area (Å²) >= 11 is 0. The number of fused-ring (bicyclic) bond motifs is 2. The molecule has 1 unspecified atom stereocenters. The smallest absolute Gasteiger partial charge is 0.279 e. The number of carbonyl (C=O) groups is 2. The van der Waals surface area contributed by atoms with Crippen LogP contribution >= 0.6 is 0 Å². The van der Waals surface area contributed by atoms with Crippen LogP contribution in [-0.2, 0) is 22.6 Å². The molecule has 1 aromatic carbocycles. The maximum atomic E-state index is 13.3. The molecule has 0 saturated heterocycles. The molecule has 0 fully saturated rings. The van der Waals surface area contributed by atoms with Crippen molar-refractivity contribution >= 4 is 34.5 Å². The number of carbonyl (C=O) groups excluding carboxylic acids is 2. The second-order valence-corrected chi connectivity index (χ2v) is 11.2. The lowest BCUT2D eigenvalue weighted by Gasteiger charge is -2.37. The summed E-state index contributed by atoms with van der Waals surface area (Å²) in [6.07, 6.45) is 4.86. The predicted octanol–water partition coefficient (Wildman–Crippen LogP) is 3.65. The Hall–Kier alpha value is -4.32. The predicted molar refractivity (Wildman–Crippen MR) is 167 cm³/mol. The average molecular weight is 592 g/mol. The van der Waals surface area contributed by atoms with Gasteiger partial charge in [-0.25, -0.2) is 9.37 Å². The number of nitrogens with zero attached hydrogens (tertiary/aromatic N) is 6. The first-order chi connectivity index (χ1) is 20.5. The van der Waals surface area contributed by atoms with Crippen LogP contribution in [0, 0.1) is 6.92 Å². The van der Waals surface area contributed by atoms with E-state index in [0.29, 0.717) is 45.0 Å². The standard InChI is InChI=1S/C31H42FN9O2/c1-8-19(2)17-41(14-13-33-30(43)21(4)32)29-23-18-40(7)26(28-20(3)9-10-24-22(28)16-35-38-24)15-25(23)36-31(37-29)34-12-11-27(42)39(5)6/h8-10,16,26H,4,11-15,17-18H2,1-3,5-7H3,(H,33,43)(H,35,38)(H,34,36,37)/b19-8-. The van der Waals surface area contributed by atoms with Gasteiger partial charge in [-0.05, 0) is 45.0 Å². The second-order valence-electron chi connectivity index (χ2n) is 11.2. The molecule has 0 saturated carbocycles. The highest BCUT2D eigenvalue weighted by atomic mass is 19.1. The Morgan fingerprint density at radius 3 is 2.72 bits per heavy atom. The quantitative estimate of drug-likeness (QED) is 0.216. The van der Waals surface area contributed by atoms with E-state index in [-0.39, 0.29) is 18.5 Å². The van der Waals surface area contributed by atoms with E-state index in [4.69, 9.17) is 9.97 Å². The molecule has 0 bridgehead atoms. The SMILES string of the molecule is C=C(F)C(=O)NCCN(C/C(C)=C\C)c1nc(NCCC(=O)N(C)C)nc2c1CN(C)C(c1c(C)ccc3[nH]ncc13)C2. The molecule has 2 aromatic heterocycles. The van der Waals surface area contributed by atoms with Crippen molar-refractivity contribution in [1.82, 2.24) is 35.3 Å². The van der Waals surface area contributed by atoms with E-state index in [1.54, 1.807) is 19.0 Å². The van der Waals surface area contributed by atoms with E-state index in [1.165, 1.54) is 11.1 Å². The molecule has 12 heteroatoms. The van der Waals surface area contributed by atoms with Gasteiger partial charge in [-0.3, -0.25) is 19.6 Å². The Labute approximate surface area is 252 Å². The molecule has 3 heterocycles. The lowest BCUT2D eigenvalue weighted by molar-refractivity contribution is -0.128. The number of likely N-dealkylation sites (N-methyl/N-ethyl adjacent to an activating group) is 1. The summed E-state index contributed by atoms with van der Waals surface area (Å²) in [4.78, 5) is 40.0. The fourth-order valence-electron chi connectivity index (χ4n) is 5.36. The van der Waals surface area contributed by atoms with Crippen LogP contribution in [0.5, 0.6) is 0 Å². The first kappa shape index (κ1) is 31.6. The van der Waals surface area contributed by atoms with E-state index in [1.807, 2.05) is 32.2 Å². The molecule has 2 amide bonds. The molecule has 1 aliphatic rings. The highest BCUT2D eigenvalue weighted by Gasteiger charge is 2.32. The van der Waals surface area contributed by atoms with E-state index in [9.17, 15) is 14.0 Å². The molecular formula is C31H42FN9O2. The Bertz CT molecular complexity index is 1530. The third kappa shape index (κ3) is 7.37. The lowest BCUT2D eigenvalue weighted by Crippen LogP contribution is -2.39. The van der Waals surface area contributed by atoms with Crippen molar-refractivity contribution in [3.63, 3.8) is 0 Å². The number of hydrogen-bond acceptors (Lipinski definition) is 8. The Morgan fingerprint density at radius 1 is 1.26 bits per heavy atom. The molecule has 11 nitrogen and oxygen atoms in total. The fraction of sp³-hybridized carbons (Fsp3) is 0.452. The summed E-state index contributed by atoms with van der Waals surface area (Å²) in [5.74, 6) is -0.668. The zero-order valence-corrected chi connectivity index (χ0v) is 25.9. The van der Waals surface area contributed by atoms with Gasteiger partial charge < -0.3 is 20.4 Å². The average Bonchev–Trinajstić information content (AvgIpc) is 3.45. The van der Waals surface area contributed by atoms with Crippen LogP contribution in [-0.4, -0.2) is 89.1 Å². The Morgan fingerprint density at radius 2 is 2.02 bits per heavy atom. The molecule has 3 N–H and O–H groups in total. The maximum absolute atomic E-state index is 13.3. The van der Waals surface area contributed by atoms with Gasteiger partial charge in [-0.2, -0.15) is 10.1 Å². The number of aromatic nitrogens is 4. The van der Waals surface area contributed by atoms with Crippen LogP contribution in [0.15, 0.2) is 42.4 Å². The number of H-pyrrole nitrogens is 1. The van der Waals surface area contributed by atoms with Crippen LogP contribution in [0.3, 0.4) is 0 Å². The minimum atomic E-state index is -1.02. The van der Waals surface area contributed by atoms with Gasteiger partial charge in [-0.15, -0.1) is 0 Å². The van der Waals surface area contributed by atoms with Crippen LogP contribution in [0.2, 0.25) is 0 Å². The van der Waals surface area contributed by atoms with Crippen molar-refractivity contribution in [3.05, 3.63) is 64.8 Å². The van der Waals surface area contributed by atoms with Gasteiger partial charge in [-0.1, -0.05) is 24.3 Å². The van der Waals surface area contributed by atoms with E-state index < -0.39 is 11.7 Å². The largest absolute Gasteiger partial charge is 0.354 e. The van der Waals surface area contributed by atoms with E-state index >= 15 is 0 Å². The number of anilines is 2. The summed E-state index contributed by atoms with van der Waals surface area (Å²) in [5.41, 5.74) is 6.40. The molecule has 4 rings (SSSR count). The summed E-state index contributed by atoms with van der Waals surface area (Å²) < 4.78 is 13.3. The van der Waals surface area contributed by atoms with Gasteiger partial charge in [0.1, 0.15) is 5.82 Å². The van der Waals surface area contributed by atoms with Crippen LogP contribution in [0.4, 0.5) is 16.2 Å². The van der Waals surface area contributed by atoms with E-state index in [0.717, 1.165) is 33.6 Å². The molecule has 230 valence electrons. The van der Waals surface area contributed by atoms with Crippen molar-refractivity contribution in [2.45, 2.75) is 46.2 Å². The number of rotatable bonds is 12. The number of benzene rings is 1. The molecule has 0 spiro atoms. The van der Waals surface area contributed by atoms with Gasteiger partial charge in [0.05, 0.1) is 17.4 Å². The summed E-state index contributed by atoms with van der Waals surface area (Å²) in [5, 5.41) is 14.3. The first-order valence-corrected chi connectivity index (χ1v) is 14.5. The molecule has 3 aromatic rings. The van der Waals surface area contributed by atoms with Gasteiger partial charge in [0.2, 0.25) is 11.9 Å². The van der Waals surface area contributed by atoms with Crippen LogP contribution in [0.1, 0.15) is 48.7 Å². The molecule has 43 heavy (non-hydrogen) atoms. The van der Waals surface area contributed by atoms with Crippen LogP contribution < -0.4 is 15.5 Å². The van der Waals surface area contributed by atoms with Crippen LogP contribution in [0.25, 0.3) is 10.9 Å². The van der Waals surface area contributed by atoms with Crippen molar-refractivity contribution in [1.29, 1.82) is 0 Å². The highest BCUT2D eigenvalue weighted by Crippen LogP contribution is 2.39. The Balaban J connectivity index is 1.74. The van der Waals surface area contributed by atoms with E-state index in [2.05, 4.69) is 57.2 Å². The molecule has 0 aliphatic carbocycles. The number of allylic oxidation sites excluding steroid dienone is 1. The number of halogens is 1. The minimum Gasteiger partial charge on any atom is -0.354 e. The zero-order chi connectivity index (χ0) is 31.3. The van der Waals surface area contributed by atoms with Crippen molar-refractivity contribution in [3.8, 4) is 0 Å². The fourth-order valence-corrected chi connectivity index (χ4v) is 5.36. The summed E-state index contributed by atoms with van der Waals surface area (Å²) in [7, 11) is 5.56. The number of aryl methyl sites for hydroxylation is 1. The molecule has 1 atom stereocenters. The first-order valence-electron chi connectivity index (χ1n) is 14.5. The summed E-state index contributed by atoms with van der Waals surface area (Å²) in [6, 6.07) is 4.22. The number of aromatic amines is 1. The number of hydrogen-bond donors (Lipinski definition) is 3. The molecule has 0 radical (unpaired) electrons. The van der Waals surface area contributed by atoms with Crippen molar-refractivity contribution < 1.29 is 14.0 Å².